The van der Waals surface area contributed by atoms with Crippen LogP contribution in [0.3, 0.4) is 0 Å². The molecule has 1 heterocycles. The number of epoxide rings is 1. The van der Waals surface area contributed by atoms with Gasteiger partial charge in [-0.2, -0.15) is 0 Å². The maximum absolute atomic E-state index is 11.8. The average molecular weight is 164 g/mol. The van der Waals surface area contributed by atoms with Gasteiger partial charge < -0.3 is 4.74 Å². The number of rotatable bonds is 0. The highest BCUT2D eigenvalue weighted by Crippen LogP contribution is 2.51. The normalized spacial score (nSPS) is 43.1. The van der Waals surface area contributed by atoms with Crippen LogP contribution in [-0.2, 0) is 9.53 Å². The lowest BCUT2D eigenvalue weighted by Crippen LogP contribution is -2.41. The molecule has 2 fully saturated rings. The second-order valence-electron chi connectivity index (χ2n) is 4.24. The Bertz CT molecular complexity index is 285. The minimum absolute atomic E-state index is 0.0167. The van der Waals surface area contributed by atoms with Crippen LogP contribution in [0.4, 0.5) is 0 Å². The van der Waals surface area contributed by atoms with E-state index in [1.807, 2.05) is 13.8 Å². The minimum Gasteiger partial charge on any atom is -0.345 e. The Morgan fingerprint density at radius 1 is 1.67 bits per heavy atom. The van der Waals surface area contributed by atoms with Crippen LogP contribution in [0.25, 0.3) is 0 Å². The van der Waals surface area contributed by atoms with Crippen LogP contribution in [0.5, 0.6) is 0 Å². The molecule has 12 heavy (non-hydrogen) atoms. The molecule has 64 valence electrons. The van der Waals surface area contributed by atoms with Crippen molar-refractivity contribution in [3.63, 3.8) is 0 Å². The van der Waals surface area contributed by atoms with Gasteiger partial charge in [0.15, 0.2) is 5.78 Å². The number of carbonyl (C=O) groups excluding carboxylic acids is 1. The number of ether oxygens (including phenoxy) is 1. The maximum atomic E-state index is 11.8. The molecule has 0 aromatic heterocycles. The Labute approximate surface area is 72.3 Å². The molecule has 0 N–H and O–H groups in total. The summed E-state index contributed by atoms with van der Waals surface area (Å²) in [5, 5.41) is 0. The van der Waals surface area contributed by atoms with Crippen molar-refractivity contribution >= 4 is 5.78 Å². The van der Waals surface area contributed by atoms with Gasteiger partial charge in [-0.3, -0.25) is 4.79 Å². The van der Waals surface area contributed by atoms with Gasteiger partial charge in [0.25, 0.3) is 0 Å². The van der Waals surface area contributed by atoms with E-state index in [4.69, 9.17) is 11.2 Å². The van der Waals surface area contributed by atoms with E-state index < -0.39 is 5.60 Å². The second-order valence-corrected chi connectivity index (χ2v) is 4.24. The molecule has 2 unspecified atom stereocenters. The summed E-state index contributed by atoms with van der Waals surface area (Å²) in [7, 11) is 0. The molecule has 2 rings (SSSR count). The third-order valence-corrected chi connectivity index (χ3v) is 2.92. The Hall–Kier alpha value is -0.810. The van der Waals surface area contributed by atoms with E-state index in [0.29, 0.717) is 0 Å². The first-order chi connectivity index (χ1) is 5.53. The number of hydrogen-bond donors (Lipinski definition) is 0. The molecule has 0 radical (unpaired) electrons. The van der Waals surface area contributed by atoms with E-state index >= 15 is 0 Å². The molecule has 2 atom stereocenters. The van der Waals surface area contributed by atoms with Crippen molar-refractivity contribution in [1.82, 2.24) is 0 Å². The van der Waals surface area contributed by atoms with Crippen molar-refractivity contribution in [2.45, 2.75) is 38.4 Å². The number of hydrogen-bond acceptors (Lipinski definition) is 2. The quantitative estimate of drug-likeness (QED) is 0.397. The molecular formula is C10H12O2. The molecule has 0 bridgehead atoms. The SMILES string of the molecule is C#CC12OC1CCC(C)(C)C2=O. The molecule has 2 heteroatoms. The maximum Gasteiger partial charge on any atom is 0.213 e. The zero-order chi connectivity index (χ0) is 8.98. The number of ketones is 1. The fourth-order valence-corrected chi connectivity index (χ4v) is 1.95. The molecule has 2 aliphatic rings. The number of carbonyl (C=O) groups is 1. The Morgan fingerprint density at radius 3 is 2.83 bits per heavy atom. The predicted molar refractivity (Wildman–Crippen MR) is 44.5 cm³/mol. The Kier molecular flexibility index (Phi) is 1.25. The van der Waals surface area contributed by atoms with Crippen molar-refractivity contribution < 1.29 is 9.53 Å². The minimum atomic E-state index is -0.832. The molecule has 1 saturated carbocycles. The van der Waals surface area contributed by atoms with E-state index in [1.54, 1.807) is 0 Å². The van der Waals surface area contributed by atoms with Crippen molar-refractivity contribution in [3.8, 4) is 12.3 Å². The van der Waals surface area contributed by atoms with E-state index in [1.165, 1.54) is 0 Å². The van der Waals surface area contributed by atoms with Crippen molar-refractivity contribution in [2.75, 3.05) is 0 Å². The smallest absolute Gasteiger partial charge is 0.213 e. The molecule has 1 aliphatic carbocycles. The van der Waals surface area contributed by atoms with Crippen LogP contribution < -0.4 is 0 Å². The zero-order valence-electron chi connectivity index (χ0n) is 7.39. The topological polar surface area (TPSA) is 29.6 Å². The molecule has 1 aliphatic heterocycles. The highest BCUT2D eigenvalue weighted by molar-refractivity contribution is 5.99. The summed E-state index contributed by atoms with van der Waals surface area (Å²) < 4.78 is 5.28. The van der Waals surface area contributed by atoms with Gasteiger partial charge in [0.05, 0.1) is 0 Å². The van der Waals surface area contributed by atoms with Gasteiger partial charge in [-0.05, 0) is 12.8 Å². The highest BCUT2D eigenvalue weighted by atomic mass is 16.6. The summed E-state index contributed by atoms with van der Waals surface area (Å²) in [6.07, 6.45) is 7.12. The van der Waals surface area contributed by atoms with Crippen LogP contribution >= 0.6 is 0 Å². The number of fused-ring (bicyclic) bond motifs is 1. The lowest BCUT2D eigenvalue weighted by molar-refractivity contribution is -0.131. The van der Waals surface area contributed by atoms with Crippen molar-refractivity contribution in [3.05, 3.63) is 0 Å². The summed E-state index contributed by atoms with van der Waals surface area (Å²) in [6.45, 7) is 3.87. The number of Topliss-reactive ketones (excluding diaryl/α,β-unsaturated/α-hetero) is 1. The zero-order valence-corrected chi connectivity index (χ0v) is 7.39. The standard InChI is InChI=1S/C10H12O2/c1-4-10-7(12-10)5-6-9(2,3)8(10)11/h1,7H,5-6H2,2-3H3. The lowest BCUT2D eigenvalue weighted by Gasteiger charge is -2.27. The summed E-state index contributed by atoms with van der Waals surface area (Å²) >= 11 is 0. The Morgan fingerprint density at radius 2 is 2.33 bits per heavy atom. The van der Waals surface area contributed by atoms with Gasteiger partial charge in [-0.1, -0.05) is 19.8 Å². The van der Waals surface area contributed by atoms with Crippen molar-refractivity contribution in [2.24, 2.45) is 5.41 Å². The molecule has 2 nitrogen and oxygen atoms in total. The van der Waals surface area contributed by atoms with Gasteiger partial charge >= 0.3 is 0 Å². The van der Waals surface area contributed by atoms with Gasteiger partial charge in [0, 0.05) is 5.41 Å². The third-order valence-electron chi connectivity index (χ3n) is 2.92. The van der Waals surface area contributed by atoms with E-state index in [-0.39, 0.29) is 17.3 Å². The monoisotopic (exact) mass is 164 g/mol. The highest BCUT2D eigenvalue weighted by Gasteiger charge is 2.67. The molecule has 0 amide bonds. The van der Waals surface area contributed by atoms with Crippen molar-refractivity contribution in [1.29, 1.82) is 0 Å². The summed E-state index contributed by atoms with van der Waals surface area (Å²) in [6, 6.07) is 0. The fraction of sp³-hybridized carbons (Fsp3) is 0.700. The van der Waals surface area contributed by atoms with Crippen LogP contribution in [0.2, 0.25) is 0 Å². The Balaban J connectivity index is 2.34. The first kappa shape index (κ1) is 7.82. The molecular weight excluding hydrogens is 152 g/mol. The third kappa shape index (κ3) is 0.723. The van der Waals surface area contributed by atoms with Gasteiger partial charge in [0.1, 0.15) is 6.10 Å². The van der Waals surface area contributed by atoms with Crippen LogP contribution in [-0.4, -0.2) is 17.5 Å². The van der Waals surface area contributed by atoms with Gasteiger partial charge in [-0.15, -0.1) is 6.42 Å². The number of terminal acetylenes is 1. The van der Waals surface area contributed by atoms with Crippen LogP contribution in [0, 0.1) is 17.8 Å². The van der Waals surface area contributed by atoms with Crippen LogP contribution in [0.1, 0.15) is 26.7 Å². The summed E-state index contributed by atoms with van der Waals surface area (Å²) in [5.74, 6) is 2.58. The molecule has 0 aromatic carbocycles. The van der Waals surface area contributed by atoms with E-state index in [2.05, 4.69) is 5.92 Å². The van der Waals surface area contributed by atoms with Crippen LogP contribution in [0.15, 0.2) is 0 Å². The van der Waals surface area contributed by atoms with E-state index in [0.717, 1.165) is 12.8 Å². The lowest BCUT2D eigenvalue weighted by atomic mass is 9.71. The first-order valence-electron chi connectivity index (χ1n) is 4.23. The van der Waals surface area contributed by atoms with E-state index in [9.17, 15) is 4.79 Å². The molecule has 0 aromatic rings. The predicted octanol–water partition coefficient (Wildman–Crippen LogP) is 1.15. The second kappa shape index (κ2) is 1.92. The average Bonchev–Trinajstić information content (AvgIpc) is 2.74. The largest absolute Gasteiger partial charge is 0.345 e. The fourth-order valence-electron chi connectivity index (χ4n) is 1.95. The van der Waals surface area contributed by atoms with Gasteiger partial charge in [-0.25, -0.2) is 0 Å². The molecule has 0 spiro atoms. The van der Waals surface area contributed by atoms with Gasteiger partial charge in [0.2, 0.25) is 5.60 Å². The summed E-state index contributed by atoms with van der Waals surface area (Å²) in [5.41, 5.74) is -1.12. The summed E-state index contributed by atoms with van der Waals surface area (Å²) in [4.78, 5) is 11.8. The first-order valence-corrected chi connectivity index (χ1v) is 4.23. The molecule has 1 saturated heterocycles.